The van der Waals surface area contributed by atoms with Crippen LogP contribution in [-0.2, 0) is 56.6 Å². The van der Waals surface area contributed by atoms with Gasteiger partial charge in [0.25, 0.3) is 0 Å². The lowest BCUT2D eigenvalue weighted by Gasteiger charge is -2.62. The number of carbonyl (C=O) groups excluding carboxylic acids is 2. The van der Waals surface area contributed by atoms with Crippen LogP contribution in [0.15, 0.2) is 73.8 Å². The molecular weight excluding hydrogens is 640 g/mol. The molecule has 50 heavy (non-hydrogen) atoms. The zero-order valence-corrected chi connectivity index (χ0v) is 28.9. The van der Waals surface area contributed by atoms with Gasteiger partial charge in [0.1, 0.15) is 25.4 Å². The molecule has 10 nitrogen and oxygen atoms in total. The predicted molar refractivity (Wildman–Crippen MR) is 186 cm³/mol. The summed E-state index contributed by atoms with van der Waals surface area (Å²) in [5, 5.41) is 21.0. The lowest BCUT2D eigenvalue weighted by Crippen LogP contribution is -2.56. The summed E-state index contributed by atoms with van der Waals surface area (Å²) in [6.45, 7) is 8.35. The van der Waals surface area contributed by atoms with Gasteiger partial charge in [0.15, 0.2) is 0 Å². The van der Waals surface area contributed by atoms with E-state index in [2.05, 4.69) is 61.7 Å². The average molecular weight is 693 g/mol. The topological polar surface area (TPSA) is 130 Å². The van der Waals surface area contributed by atoms with Crippen LogP contribution in [0.2, 0.25) is 0 Å². The molecule has 4 aliphatic carbocycles. The molecule has 2 aromatic carbocycles. The van der Waals surface area contributed by atoms with E-state index in [9.17, 15) is 19.8 Å². The Morgan fingerprint density at radius 1 is 0.640 bits per heavy atom. The van der Waals surface area contributed by atoms with Gasteiger partial charge in [-0.1, -0.05) is 61.7 Å². The third-order valence-corrected chi connectivity index (χ3v) is 10.4. The molecule has 4 aliphatic rings. The highest BCUT2D eigenvalue weighted by Crippen LogP contribution is 2.66. The highest BCUT2D eigenvalue weighted by molar-refractivity contribution is 5.81. The van der Waals surface area contributed by atoms with Crippen molar-refractivity contribution in [1.82, 2.24) is 0 Å². The summed E-state index contributed by atoms with van der Waals surface area (Å²) >= 11 is 0. The fourth-order valence-electron chi connectivity index (χ4n) is 8.72. The SMILES string of the molecule is C=CC(=O)OCCOCC(O)COCc1ccccc1C1(c2ccccc2COCC(O)COCCOC(=O)C=C)C2CC3CC(C2)CC1C3. The first-order valence-electron chi connectivity index (χ1n) is 17.8. The molecule has 272 valence electrons. The second-order valence-corrected chi connectivity index (χ2v) is 13.7. The minimum atomic E-state index is -0.819. The van der Waals surface area contributed by atoms with Crippen molar-refractivity contribution in [3.05, 3.63) is 96.1 Å². The van der Waals surface area contributed by atoms with Crippen molar-refractivity contribution in [3.8, 4) is 0 Å². The number of carbonyl (C=O) groups is 2. The van der Waals surface area contributed by atoms with Gasteiger partial charge in [-0.2, -0.15) is 0 Å². The van der Waals surface area contributed by atoms with Crippen LogP contribution in [0.4, 0.5) is 0 Å². The normalized spacial score (nSPS) is 24.8. The van der Waals surface area contributed by atoms with Crippen LogP contribution >= 0.6 is 0 Å². The van der Waals surface area contributed by atoms with Crippen LogP contribution in [0, 0.1) is 23.7 Å². The van der Waals surface area contributed by atoms with E-state index in [0.29, 0.717) is 25.0 Å². The van der Waals surface area contributed by atoms with E-state index >= 15 is 0 Å². The first kappa shape index (κ1) is 37.9. The van der Waals surface area contributed by atoms with Gasteiger partial charge in [0, 0.05) is 17.6 Å². The Balaban J connectivity index is 1.26. The predicted octanol–water partition coefficient (Wildman–Crippen LogP) is 4.68. The summed E-state index contributed by atoms with van der Waals surface area (Å²) < 4.78 is 33.0. The molecule has 2 N–H and O–H groups in total. The second-order valence-electron chi connectivity index (χ2n) is 13.7. The van der Waals surface area contributed by atoms with Crippen molar-refractivity contribution >= 4 is 11.9 Å². The maximum Gasteiger partial charge on any atom is 0.330 e. The van der Waals surface area contributed by atoms with Crippen molar-refractivity contribution in [1.29, 1.82) is 0 Å². The average Bonchev–Trinajstić information content (AvgIpc) is 3.12. The van der Waals surface area contributed by atoms with E-state index in [-0.39, 0.29) is 58.3 Å². The summed E-state index contributed by atoms with van der Waals surface area (Å²) in [4.78, 5) is 22.4. The highest BCUT2D eigenvalue weighted by atomic mass is 16.6. The summed E-state index contributed by atoms with van der Waals surface area (Å²) in [7, 11) is 0. The molecule has 4 bridgehead atoms. The van der Waals surface area contributed by atoms with Crippen molar-refractivity contribution in [2.45, 2.75) is 62.9 Å². The first-order valence-corrected chi connectivity index (χ1v) is 17.8. The maximum absolute atomic E-state index is 11.2. The van der Waals surface area contributed by atoms with Gasteiger partial charge in [-0.3, -0.25) is 0 Å². The Labute approximate surface area is 295 Å². The third-order valence-electron chi connectivity index (χ3n) is 10.4. The van der Waals surface area contributed by atoms with E-state index in [1.165, 1.54) is 43.2 Å². The molecule has 0 aliphatic heterocycles. The van der Waals surface area contributed by atoms with E-state index in [4.69, 9.17) is 28.4 Å². The Hall–Kier alpha value is -3.38. The van der Waals surface area contributed by atoms with E-state index < -0.39 is 24.1 Å². The molecule has 6 rings (SSSR count). The van der Waals surface area contributed by atoms with Crippen LogP contribution in [0.1, 0.15) is 54.4 Å². The fraction of sp³-hybridized carbons (Fsp3) is 0.550. The van der Waals surface area contributed by atoms with E-state index in [0.717, 1.165) is 35.1 Å². The molecule has 0 heterocycles. The minimum Gasteiger partial charge on any atom is -0.460 e. The Morgan fingerprint density at radius 3 is 1.46 bits per heavy atom. The van der Waals surface area contributed by atoms with E-state index in [1.54, 1.807) is 0 Å². The van der Waals surface area contributed by atoms with Crippen LogP contribution in [0.3, 0.4) is 0 Å². The van der Waals surface area contributed by atoms with Gasteiger partial charge in [0.05, 0.1) is 52.9 Å². The molecule has 4 fully saturated rings. The molecule has 0 spiro atoms. The van der Waals surface area contributed by atoms with Crippen molar-refractivity contribution in [2.75, 3.05) is 52.9 Å². The summed E-state index contributed by atoms with van der Waals surface area (Å²) in [6.07, 6.45) is 6.71. The number of hydrogen-bond donors (Lipinski definition) is 2. The van der Waals surface area contributed by atoms with Crippen LogP contribution in [0.5, 0.6) is 0 Å². The molecule has 0 amide bonds. The Morgan fingerprint density at radius 2 is 1.04 bits per heavy atom. The number of ether oxygens (including phenoxy) is 6. The number of aliphatic hydroxyl groups excluding tert-OH is 2. The van der Waals surface area contributed by atoms with Crippen LogP contribution in [0.25, 0.3) is 0 Å². The van der Waals surface area contributed by atoms with Crippen molar-refractivity contribution in [3.63, 3.8) is 0 Å². The monoisotopic (exact) mass is 692 g/mol. The number of esters is 2. The maximum atomic E-state index is 11.2. The molecule has 2 atom stereocenters. The molecule has 10 heteroatoms. The summed E-state index contributed by atoms with van der Waals surface area (Å²) in [6, 6.07) is 17.2. The first-order chi connectivity index (χ1) is 24.3. The summed E-state index contributed by atoms with van der Waals surface area (Å²) in [5.74, 6) is 1.50. The van der Waals surface area contributed by atoms with E-state index in [1.807, 2.05) is 0 Å². The fourth-order valence-corrected chi connectivity index (χ4v) is 8.72. The molecular formula is C40H52O10. The largest absolute Gasteiger partial charge is 0.460 e. The molecule has 4 saturated carbocycles. The Kier molecular flexibility index (Phi) is 14.2. The minimum absolute atomic E-state index is 0.0729. The zero-order chi connectivity index (χ0) is 35.3. The molecule has 2 aromatic rings. The van der Waals surface area contributed by atoms with Gasteiger partial charge >= 0.3 is 11.9 Å². The van der Waals surface area contributed by atoms with Crippen LogP contribution < -0.4 is 0 Å². The quantitative estimate of drug-likeness (QED) is 0.102. The second kappa shape index (κ2) is 18.7. The lowest BCUT2D eigenvalue weighted by molar-refractivity contribution is -0.140. The zero-order valence-electron chi connectivity index (χ0n) is 28.9. The third kappa shape index (κ3) is 9.48. The number of rotatable bonds is 22. The smallest absolute Gasteiger partial charge is 0.330 e. The van der Waals surface area contributed by atoms with Gasteiger partial charge in [-0.15, -0.1) is 0 Å². The molecule has 0 radical (unpaired) electrons. The van der Waals surface area contributed by atoms with Gasteiger partial charge in [-0.25, -0.2) is 9.59 Å². The van der Waals surface area contributed by atoms with Gasteiger partial charge < -0.3 is 38.6 Å². The van der Waals surface area contributed by atoms with Crippen LogP contribution in [-0.4, -0.2) is 87.2 Å². The highest BCUT2D eigenvalue weighted by Gasteiger charge is 2.59. The Bertz CT molecular complexity index is 1310. The van der Waals surface area contributed by atoms with Gasteiger partial charge in [-0.05, 0) is 78.0 Å². The number of hydrogen-bond acceptors (Lipinski definition) is 10. The van der Waals surface area contributed by atoms with Crippen molar-refractivity contribution < 1.29 is 48.2 Å². The molecule has 0 aromatic heterocycles. The summed E-state index contributed by atoms with van der Waals surface area (Å²) in [5.41, 5.74) is 4.61. The van der Waals surface area contributed by atoms with Gasteiger partial charge in [0.2, 0.25) is 0 Å². The molecule has 2 unspecified atom stereocenters. The lowest BCUT2D eigenvalue weighted by atomic mass is 9.41. The number of aliphatic hydroxyl groups is 2. The standard InChI is InChI=1S/C40H52O10/c1-3-38(43)49-15-13-45-24-34(41)26-47-22-30-9-5-7-11-36(30)40(32-18-28-17-29(20-32)21-33(40)19-28)37-12-8-6-10-31(37)23-48-27-35(42)25-46-14-16-50-39(44)4-2/h3-12,28-29,32-35,41-42H,1-2,13-27H2. The number of benzene rings is 2. The van der Waals surface area contributed by atoms with Crippen molar-refractivity contribution in [2.24, 2.45) is 23.7 Å². The molecule has 0 saturated heterocycles.